The van der Waals surface area contributed by atoms with E-state index in [-0.39, 0.29) is 18.0 Å². The van der Waals surface area contributed by atoms with Crippen LogP contribution in [0.5, 0.6) is 5.75 Å². The highest BCUT2D eigenvalue weighted by atomic mass is 19.1. The second kappa shape index (κ2) is 8.09. The lowest BCUT2D eigenvalue weighted by molar-refractivity contribution is 0.137. The first-order chi connectivity index (χ1) is 8.72. The zero-order chi connectivity index (χ0) is 13.4. The number of ether oxygens (including phenoxy) is 1. The molecule has 0 heterocycles. The van der Waals surface area contributed by atoms with E-state index in [9.17, 15) is 4.39 Å². The van der Waals surface area contributed by atoms with E-state index in [1.165, 1.54) is 6.07 Å². The summed E-state index contributed by atoms with van der Waals surface area (Å²) in [4.78, 5) is 0. The number of halogens is 1. The quantitative estimate of drug-likeness (QED) is 0.761. The number of hydrogen-bond donors (Lipinski definition) is 1. The van der Waals surface area contributed by atoms with Crippen LogP contribution in [-0.2, 0) is 0 Å². The van der Waals surface area contributed by atoms with Crippen molar-refractivity contribution in [2.75, 3.05) is 6.54 Å². The van der Waals surface area contributed by atoms with Gasteiger partial charge in [0, 0.05) is 6.04 Å². The number of likely N-dealkylation sites (N-methyl/N-ethyl adjacent to an activating group) is 1. The molecular weight excluding hydrogens is 229 g/mol. The Labute approximate surface area is 110 Å². The molecule has 1 aromatic rings. The average Bonchev–Trinajstić information content (AvgIpc) is 2.38. The van der Waals surface area contributed by atoms with E-state index in [4.69, 9.17) is 4.74 Å². The number of rotatable bonds is 8. The van der Waals surface area contributed by atoms with Crippen LogP contribution in [0, 0.1) is 5.82 Å². The fourth-order valence-corrected chi connectivity index (χ4v) is 2.15. The number of benzene rings is 1. The highest BCUT2D eigenvalue weighted by molar-refractivity contribution is 5.24. The van der Waals surface area contributed by atoms with Crippen LogP contribution < -0.4 is 10.1 Å². The van der Waals surface area contributed by atoms with Gasteiger partial charge in [-0.25, -0.2) is 4.39 Å². The van der Waals surface area contributed by atoms with Gasteiger partial charge in [0.05, 0.1) is 0 Å². The van der Waals surface area contributed by atoms with Gasteiger partial charge in [-0.05, 0) is 31.5 Å². The number of hydrogen-bond acceptors (Lipinski definition) is 2. The Balaban J connectivity index is 2.73. The Hall–Kier alpha value is -1.09. The minimum Gasteiger partial charge on any atom is -0.486 e. The molecule has 1 rings (SSSR count). The van der Waals surface area contributed by atoms with Gasteiger partial charge in [0.1, 0.15) is 6.10 Å². The SMILES string of the molecule is CCCC(NCC)C(CC)Oc1ccccc1F. The minimum absolute atomic E-state index is 0.0156. The largest absolute Gasteiger partial charge is 0.486 e. The van der Waals surface area contributed by atoms with Gasteiger partial charge in [-0.1, -0.05) is 39.3 Å². The smallest absolute Gasteiger partial charge is 0.165 e. The Bertz CT molecular complexity index is 337. The standard InChI is InChI=1S/C15H24FNO/c1-4-9-13(17-6-3)14(5-2)18-15-11-8-7-10-12(15)16/h7-8,10-11,13-14,17H,4-6,9H2,1-3H3. The third-order valence-corrected chi connectivity index (χ3v) is 3.03. The van der Waals surface area contributed by atoms with Crippen LogP contribution in [-0.4, -0.2) is 18.7 Å². The van der Waals surface area contributed by atoms with E-state index in [2.05, 4.69) is 26.1 Å². The summed E-state index contributed by atoms with van der Waals surface area (Å²) in [5.41, 5.74) is 0. The molecule has 2 atom stereocenters. The van der Waals surface area contributed by atoms with Crippen LogP contribution in [0.3, 0.4) is 0 Å². The van der Waals surface area contributed by atoms with Gasteiger partial charge >= 0.3 is 0 Å². The van der Waals surface area contributed by atoms with Gasteiger partial charge in [0.15, 0.2) is 11.6 Å². The molecule has 18 heavy (non-hydrogen) atoms. The van der Waals surface area contributed by atoms with Crippen LogP contribution >= 0.6 is 0 Å². The summed E-state index contributed by atoms with van der Waals surface area (Å²) in [7, 11) is 0. The topological polar surface area (TPSA) is 21.3 Å². The average molecular weight is 253 g/mol. The molecular formula is C15H24FNO. The lowest BCUT2D eigenvalue weighted by Crippen LogP contribution is -2.42. The van der Waals surface area contributed by atoms with Crippen molar-refractivity contribution < 1.29 is 9.13 Å². The summed E-state index contributed by atoms with van der Waals surface area (Å²) in [5.74, 6) is 0.0612. The summed E-state index contributed by atoms with van der Waals surface area (Å²) in [5, 5.41) is 3.43. The molecule has 2 unspecified atom stereocenters. The minimum atomic E-state index is -0.289. The van der Waals surface area contributed by atoms with Gasteiger partial charge in [0.2, 0.25) is 0 Å². The summed E-state index contributed by atoms with van der Waals surface area (Å²) in [6.45, 7) is 7.21. The van der Waals surface area contributed by atoms with Crippen LogP contribution in [0.15, 0.2) is 24.3 Å². The molecule has 0 fully saturated rings. The van der Waals surface area contributed by atoms with Gasteiger partial charge in [0.25, 0.3) is 0 Å². The lowest BCUT2D eigenvalue weighted by Gasteiger charge is -2.27. The normalized spacial score (nSPS) is 14.2. The molecule has 2 nitrogen and oxygen atoms in total. The van der Waals surface area contributed by atoms with Crippen molar-refractivity contribution in [3.8, 4) is 5.75 Å². The van der Waals surface area contributed by atoms with E-state index in [0.717, 1.165) is 25.8 Å². The Morgan fingerprint density at radius 1 is 1.22 bits per heavy atom. The molecule has 0 aliphatic heterocycles. The highest BCUT2D eigenvalue weighted by Gasteiger charge is 2.21. The maximum Gasteiger partial charge on any atom is 0.165 e. The monoisotopic (exact) mass is 253 g/mol. The Morgan fingerprint density at radius 3 is 2.50 bits per heavy atom. The summed E-state index contributed by atoms with van der Waals surface area (Å²) in [6.07, 6.45) is 3.02. The summed E-state index contributed by atoms with van der Waals surface area (Å²) >= 11 is 0. The molecule has 0 aliphatic rings. The number of para-hydroxylation sites is 1. The lowest BCUT2D eigenvalue weighted by atomic mass is 10.0. The van der Waals surface area contributed by atoms with Crippen molar-refractivity contribution in [3.63, 3.8) is 0 Å². The molecule has 0 amide bonds. The van der Waals surface area contributed by atoms with Crippen molar-refractivity contribution >= 4 is 0 Å². The second-order valence-corrected chi connectivity index (χ2v) is 4.45. The van der Waals surface area contributed by atoms with E-state index >= 15 is 0 Å². The second-order valence-electron chi connectivity index (χ2n) is 4.45. The molecule has 0 saturated carbocycles. The zero-order valence-corrected chi connectivity index (χ0v) is 11.6. The first-order valence-corrected chi connectivity index (χ1v) is 6.87. The first-order valence-electron chi connectivity index (χ1n) is 6.87. The van der Waals surface area contributed by atoms with E-state index in [1.807, 2.05) is 0 Å². The molecule has 0 radical (unpaired) electrons. The molecule has 0 aromatic heterocycles. The fraction of sp³-hybridized carbons (Fsp3) is 0.600. The van der Waals surface area contributed by atoms with Crippen molar-refractivity contribution in [1.29, 1.82) is 0 Å². The molecule has 0 bridgehead atoms. The fourth-order valence-electron chi connectivity index (χ4n) is 2.15. The molecule has 0 saturated heterocycles. The number of nitrogens with one attached hydrogen (secondary N) is 1. The molecule has 0 aliphatic carbocycles. The van der Waals surface area contributed by atoms with Crippen LogP contribution in [0.4, 0.5) is 4.39 Å². The zero-order valence-electron chi connectivity index (χ0n) is 11.6. The van der Waals surface area contributed by atoms with Crippen molar-refractivity contribution in [2.24, 2.45) is 0 Å². The molecule has 1 N–H and O–H groups in total. The van der Waals surface area contributed by atoms with Gasteiger partial charge in [-0.15, -0.1) is 0 Å². The molecule has 3 heteroatoms. The van der Waals surface area contributed by atoms with Crippen LogP contribution in [0.2, 0.25) is 0 Å². The van der Waals surface area contributed by atoms with Gasteiger partial charge in [-0.2, -0.15) is 0 Å². The van der Waals surface area contributed by atoms with Crippen LogP contribution in [0.25, 0.3) is 0 Å². The van der Waals surface area contributed by atoms with Gasteiger partial charge in [-0.3, -0.25) is 0 Å². The Morgan fingerprint density at radius 2 is 1.94 bits per heavy atom. The first kappa shape index (κ1) is 15.0. The van der Waals surface area contributed by atoms with Crippen LogP contribution in [0.1, 0.15) is 40.0 Å². The summed E-state index contributed by atoms with van der Waals surface area (Å²) < 4.78 is 19.4. The van der Waals surface area contributed by atoms with Crippen molar-refractivity contribution in [3.05, 3.63) is 30.1 Å². The maximum atomic E-state index is 13.6. The summed E-state index contributed by atoms with van der Waals surface area (Å²) in [6, 6.07) is 6.88. The highest BCUT2D eigenvalue weighted by Crippen LogP contribution is 2.20. The third kappa shape index (κ3) is 4.30. The van der Waals surface area contributed by atoms with Crippen molar-refractivity contribution in [2.45, 2.75) is 52.2 Å². The van der Waals surface area contributed by atoms with Gasteiger partial charge < -0.3 is 10.1 Å². The molecule has 0 spiro atoms. The predicted molar refractivity (Wildman–Crippen MR) is 73.5 cm³/mol. The van der Waals surface area contributed by atoms with E-state index in [1.54, 1.807) is 18.2 Å². The van der Waals surface area contributed by atoms with E-state index < -0.39 is 0 Å². The molecule has 102 valence electrons. The maximum absolute atomic E-state index is 13.6. The van der Waals surface area contributed by atoms with Crippen molar-refractivity contribution in [1.82, 2.24) is 5.32 Å². The molecule has 1 aromatic carbocycles. The van der Waals surface area contributed by atoms with E-state index in [0.29, 0.717) is 5.75 Å². The Kier molecular flexibility index (Phi) is 6.73. The third-order valence-electron chi connectivity index (χ3n) is 3.03. The predicted octanol–water partition coefficient (Wildman–Crippen LogP) is 3.76.